The molecule has 0 atom stereocenters. The third-order valence-electron chi connectivity index (χ3n) is 1.92. The summed E-state index contributed by atoms with van der Waals surface area (Å²) >= 11 is 6.29. The number of anilines is 1. The Balaban J connectivity index is 2.82. The monoisotopic (exact) mass is 210 g/mol. The molecule has 1 aromatic rings. The summed E-state index contributed by atoms with van der Waals surface area (Å²) in [4.78, 5) is 0. The third-order valence-corrected chi connectivity index (χ3v) is 3.23. The van der Waals surface area contributed by atoms with E-state index in [0.29, 0.717) is 26.7 Å². The van der Waals surface area contributed by atoms with Gasteiger partial charge in [-0.15, -0.1) is 11.3 Å². The lowest BCUT2D eigenvalue weighted by molar-refractivity contribution is 0.356. The summed E-state index contributed by atoms with van der Waals surface area (Å²) in [6.45, 7) is 0.597. The minimum atomic E-state index is 0.460. The Bertz CT molecular complexity index is 458. The minimum Gasteiger partial charge on any atom is -0.491 e. The molecular formula is C8H6N2OS2. The van der Waals surface area contributed by atoms with E-state index < -0.39 is 0 Å². The molecule has 0 saturated carbocycles. The zero-order valence-electron chi connectivity index (χ0n) is 6.66. The van der Waals surface area contributed by atoms with Crippen LogP contribution in [0.25, 0.3) is 0 Å². The molecule has 2 N–H and O–H groups in total. The van der Waals surface area contributed by atoms with E-state index in [4.69, 9.17) is 28.0 Å². The summed E-state index contributed by atoms with van der Waals surface area (Å²) in [5.41, 5.74) is 7.16. The summed E-state index contributed by atoms with van der Waals surface area (Å²) < 4.78 is 5.83. The van der Waals surface area contributed by atoms with Gasteiger partial charge in [0.25, 0.3) is 0 Å². The van der Waals surface area contributed by atoms with Gasteiger partial charge in [0, 0.05) is 12.0 Å². The van der Waals surface area contributed by atoms with Crippen molar-refractivity contribution in [1.29, 1.82) is 5.26 Å². The van der Waals surface area contributed by atoms with Gasteiger partial charge in [-0.05, 0) is 0 Å². The Morgan fingerprint density at radius 2 is 2.38 bits per heavy atom. The van der Waals surface area contributed by atoms with Crippen molar-refractivity contribution < 1.29 is 4.74 Å². The first kappa shape index (κ1) is 8.48. The highest BCUT2D eigenvalue weighted by molar-refractivity contribution is 7.73. The number of ether oxygens (including phenoxy) is 1. The van der Waals surface area contributed by atoms with Crippen LogP contribution in [-0.2, 0) is 6.42 Å². The van der Waals surface area contributed by atoms with Gasteiger partial charge in [0.2, 0.25) is 0 Å². The van der Waals surface area contributed by atoms with Gasteiger partial charge >= 0.3 is 0 Å². The molecule has 2 rings (SSSR count). The molecule has 5 heteroatoms. The zero-order chi connectivity index (χ0) is 9.42. The molecule has 0 spiro atoms. The van der Waals surface area contributed by atoms with Gasteiger partial charge in [-0.3, -0.25) is 0 Å². The lowest BCUT2D eigenvalue weighted by Crippen LogP contribution is -1.90. The lowest BCUT2D eigenvalue weighted by atomic mass is 10.2. The molecule has 2 heterocycles. The van der Waals surface area contributed by atoms with E-state index in [9.17, 15) is 0 Å². The highest BCUT2D eigenvalue weighted by atomic mass is 32.1. The Kier molecular flexibility index (Phi) is 1.94. The van der Waals surface area contributed by atoms with E-state index >= 15 is 0 Å². The van der Waals surface area contributed by atoms with Crippen molar-refractivity contribution in [2.24, 2.45) is 0 Å². The van der Waals surface area contributed by atoms with Crippen molar-refractivity contribution in [2.75, 3.05) is 12.3 Å². The van der Waals surface area contributed by atoms with Crippen molar-refractivity contribution in [3.63, 3.8) is 0 Å². The second kappa shape index (κ2) is 2.98. The number of fused-ring (bicyclic) bond motifs is 1. The van der Waals surface area contributed by atoms with E-state index in [1.165, 1.54) is 11.3 Å². The molecule has 0 aromatic carbocycles. The summed E-state index contributed by atoms with van der Waals surface area (Å²) in [6, 6.07) is 2.05. The molecule has 0 fully saturated rings. The van der Waals surface area contributed by atoms with Crippen LogP contribution in [0.3, 0.4) is 0 Å². The van der Waals surface area contributed by atoms with Gasteiger partial charge in [0.1, 0.15) is 21.2 Å². The number of hydrogen-bond acceptors (Lipinski definition) is 5. The highest BCUT2D eigenvalue weighted by Crippen LogP contribution is 2.37. The third kappa shape index (κ3) is 1.19. The maximum atomic E-state index is 8.84. The first-order valence-corrected chi connectivity index (χ1v) is 4.95. The topological polar surface area (TPSA) is 59.0 Å². The fraction of sp³-hybridized carbons (Fsp3) is 0.250. The summed E-state index contributed by atoms with van der Waals surface area (Å²) in [5, 5.41) is 9.52. The van der Waals surface area contributed by atoms with Gasteiger partial charge in [0.05, 0.1) is 11.6 Å². The van der Waals surface area contributed by atoms with E-state index in [2.05, 4.69) is 0 Å². The van der Waals surface area contributed by atoms with Gasteiger partial charge in [-0.1, -0.05) is 12.2 Å². The van der Waals surface area contributed by atoms with Crippen molar-refractivity contribution in [3.05, 3.63) is 15.0 Å². The SMILES string of the molecule is N#Cc1c2c(c(N)sc1=S)CCO2. The first-order chi connectivity index (χ1) is 6.24. The minimum absolute atomic E-state index is 0.460. The molecule has 13 heavy (non-hydrogen) atoms. The van der Waals surface area contributed by atoms with Gasteiger partial charge < -0.3 is 10.5 Å². The quantitative estimate of drug-likeness (QED) is 0.664. The summed E-state index contributed by atoms with van der Waals surface area (Å²) in [6.07, 6.45) is 0.780. The fourth-order valence-electron chi connectivity index (χ4n) is 1.32. The van der Waals surface area contributed by atoms with E-state index in [1.54, 1.807) is 0 Å². The maximum absolute atomic E-state index is 8.84. The molecular weight excluding hydrogens is 204 g/mol. The van der Waals surface area contributed by atoms with Gasteiger partial charge in [-0.25, -0.2) is 0 Å². The number of nitrogen functional groups attached to an aromatic ring is 1. The Morgan fingerprint density at radius 3 is 3.08 bits per heavy atom. The highest BCUT2D eigenvalue weighted by Gasteiger charge is 2.21. The fourth-order valence-corrected chi connectivity index (χ4v) is 2.48. The number of nitrogens with two attached hydrogens (primary N) is 1. The van der Waals surface area contributed by atoms with E-state index in [1.807, 2.05) is 6.07 Å². The van der Waals surface area contributed by atoms with Crippen molar-refractivity contribution in [3.8, 4) is 11.8 Å². The molecule has 0 radical (unpaired) electrons. The average molecular weight is 210 g/mol. The molecule has 0 amide bonds. The van der Waals surface area contributed by atoms with Crippen LogP contribution in [0, 0.1) is 15.2 Å². The van der Waals surface area contributed by atoms with Crippen LogP contribution in [0.2, 0.25) is 0 Å². The van der Waals surface area contributed by atoms with Crippen LogP contribution >= 0.6 is 23.6 Å². The second-order valence-corrected chi connectivity index (χ2v) is 4.37. The number of nitrogens with zero attached hydrogens (tertiary/aromatic N) is 1. The predicted octanol–water partition coefficient (Wildman–Crippen LogP) is 1.87. The normalized spacial score (nSPS) is 13.2. The van der Waals surface area contributed by atoms with Crippen molar-refractivity contribution in [2.45, 2.75) is 6.42 Å². The number of hydrogen-bond donors (Lipinski definition) is 1. The molecule has 0 saturated heterocycles. The molecule has 1 aromatic heterocycles. The first-order valence-electron chi connectivity index (χ1n) is 3.72. The number of rotatable bonds is 0. The molecule has 1 aliphatic heterocycles. The van der Waals surface area contributed by atoms with Crippen LogP contribution in [0.15, 0.2) is 0 Å². The molecule has 3 nitrogen and oxygen atoms in total. The standard InChI is InChI=1S/C8H6N2OS2/c9-3-5-6-4(1-2-11-6)7(10)13-8(5)12/h1-2,10H2. The molecule has 0 unspecified atom stereocenters. The molecule has 1 aliphatic rings. The van der Waals surface area contributed by atoms with E-state index in [-0.39, 0.29) is 0 Å². The molecule has 66 valence electrons. The zero-order valence-corrected chi connectivity index (χ0v) is 8.30. The predicted molar refractivity (Wildman–Crippen MR) is 53.5 cm³/mol. The molecule has 0 aliphatic carbocycles. The Hall–Kier alpha value is -1.12. The summed E-state index contributed by atoms with van der Waals surface area (Å²) in [7, 11) is 0. The largest absolute Gasteiger partial charge is 0.491 e. The number of nitriles is 1. The second-order valence-electron chi connectivity index (χ2n) is 2.65. The van der Waals surface area contributed by atoms with Crippen LogP contribution in [0.5, 0.6) is 5.75 Å². The van der Waals surface area contributed by atoms with E-state index in [0.717, 1.165) is 12.0 Å². The van der Waals surface area contributed by atoms with Crippen LogP contribution in [-0.4, -0.2) is 6.61 Å². The van der Waals surface area contributed by atoms with Crippen LogP contribution < -0.4 is 10.5 Å². The maximum Gasteiger partial charge on any atom is 0.145 e. The van der Waals surface area contributed by atoms with Crippen LogP contribution in [0.4, 0.5) is 5.00 Å². The van der Waals surface area contributed by atoms with Crippen molar-refractivity contribution >= 4 is 28.6 Å². The Morgan fingerprint density at radius 1 is 1.62 bits per heavy atom. The smallest absolute Gasteiger partial charge is 0.145 e. The Labute approximate surface area is 84.4 Å². The summed E-state index contributed by atoms with van der Waals surface area (Å²) in [5.74, 6) is 0.601. The van der Waals surface area contributed by atoms with Gasteiger partial charge in [-0.2, -0.15) is 5.26 Å². The average Bonchev–Trinajstić information content (AvgIpc) is 2.53. The van der Waals surface area contributed by atoms with Gasteiger partial charge in [0.15, 0.2) is 0 Å². The van der Waals surface area contributed by atoms with Crippen molar-refractivity contribution in [1.82, 2.24) is 0 Å². The van der Waals surface area contributed by atoms with Crippen LogP contribution in [0.1, 0.15) is 11.1 Å². The lowest BCUT2D eigenvalue weighted by Gasteiger charge is -2.02. The molecule has 0 bridgehead atoms.